The minimum Gasteiger partial charge on any atom is -0.454 e. The summed E-state index contributed by atoms with van der Waals surface area (Å²) in [6.45, 7) is 2.33. The van der Waals surface area contributed by atoms with Crippen LogP contribution >= 0.6 is 0 Å². The van der Waals surface area contributed by atoms with E-state index in [-0.39, 0.29) is 0 Å². The standard InChI is InChI=1S/C16H13NO3/c1-10-2-4-12-14(6-10)20-16(17-12)8-11-3-5-13-15(7-11)19-9-18-13/h2-7H,8-9H2,1H3. The van der Waals surface area contributed by atoms with E-state index in [1.807, 2.05) is 43.3 Å². The first-order valence-corrected chi connectivity index (χ1v) is 6.52. The van der Waals surface area contributed by atoms with Crippen molar-refractivity contribution in [2.75, 3.05) is 6.79 Å². The molecule has 2 heterocycles. The Morgan fingerprint density at radius 1 is 1.05 bits per heavy atom. The number of hydrogen-bond donors (Lipinski definition) is 0. The molecule has 0 saturated carbocycles. The van der Waals surface area contributed by atoms with E-state index < -0.39 is 0 Å². The Hall–Kier alpha value is -2.49. The molecule has 0 amide bonds. The van der Waals surface area contributed by atoms with Crippen molar-refractivity contribution >= 4 is 11.1 Å². The predicted molar refractivity (Wildman–Crippen MR) is 74.1 cm³/mol. The van der Waals surface area contributed by atoms with Gasteiger partial charge >= 0.3 is 0 Å². The van der Waals surface area contributed by atoms with E-state index in [2.05, 4.69) is 4.98 Å². The summed E-state index contributed by atoms with van der Waals surface area (Å²) in [6.07, 6.45) is 0.643. The van der Waals surface area contributed by atoms with E-state index in [4.69, 9.17) is 13.9 Å². The predicted octanol–water partition coefficient (Wildman–Crippen LogP) is 3.46. The van der Waals surface area contributed by atoms with Crippen molar-refractivity contribution in [1.29, 1.82) is 0 Å². The summed E-state index contributed by atoms with van der Waals surface area (Å²) in [6, 6.07) is 11.9. The number of fused-ring (bicyclic) bond motifs is 2. The van der Waals surface area contributed by atoms with E-state index in [1.54, 1.807) is 0 Å². The van der Waals surface area contributed by atoms with Crippen LogP contribution in [0, 0.1) is 6.92 Å². The maximum atomic E-state index is 5.79. The van der Waals surface area contributed by atoms with Crippen LogP contribution < -0.4 is 9.47 Å². The van der Waals surface area contributed by atoms with Crippen LogP contribution in [-0.2, 0) is 6.42 Å². The van der Waals surface area contributed by atoms with Crippen LogP contribution in [-0.4, -0.2) is 11.8 Å². The average Bonchev–Trinajstić information content (AvgIpc) is 3.03. The molecular weight excluding hydrogens is 254 g/mol. The number of aromatic nitrogens is 1. The first-order chi connectivity index (χ1) is 9.78. The number of aryl methyl sites for hydroxylation is 1. The van der Waals surface area contributed by atoms with Gasteiger partial charge < -0.3 is 13.9 Å². The number of benzene rings is 2. The summed E-state index contributed by atoms with van der Waals surface area (Å²) in [7, 11) is 0. The zero-order valence-electron chi connectivity index (χ0n) is 11.1. The number of nitrogens with zero attached hydrogens (tertiary/aromatic N) is 1. The van der Waals surface area contributed by atoms with Gasteiger partial charge in [0.2, 0.25) is 6.79 Å². The van der Waals surface area contributed by atoms with Gasteiger partial charge in [-0.25, -0.2) is 4.98 Å². The Morgan fingerprint density at radius 2 is 1.95 bits per heavy atom. The Labute approximate surface area is 116 Å². The molecule has 0 bridgehead atoms. The molecule has 4 rings (SSSR count). The Balaban J connectivity index is 1.66. The van der Waals surface area contributed by atoms with Gasteiger partial charge in [-0.1, -0.05) is 12.1 Å². The fraction of sp³-hybridized carbons (Fsp3) is 0.188. The second-order valence-electron chi connectivity index (χ2n) is 4.94. The molecule has 20 heavy (non-hydrogen) atoms. The van der Waals surface area contributed by atoms with Crippen molar-refractivity contribution in [2.45, 2.75) is 13.3 Å². The zero-order chi connectivity index (χ0) is 13.5. The quantitative estimate of drug-likeness (QED) is 0.713. The minimum absolute atomic E-state index is 0.293. The molecule has 4 nitrogen and oxygen atoms in total. The van der Waals surface area contributed by atoms with Crippen molar-refractivity contribution < 1.29 is 13.9 Å². The number of rotatable bonds is 2. The van der Waals surface area contributed by atoms with Crippen molar-refractivity contribution in [2.24, 2.45) is 0 Å². The molecule has 1 aliphatic rings. The van der Waals surface area contributed by atoms with Gasteiger partial charge in [-0.2, -0.15) is 0 Å². The van der Waals surface area contributed by atoms with Gasteiger partial charge in [0.1, 0.15) is 5.52 Å². The lowest BCUT2D eigenvalue weighted by molar-refractivity contribution is 0.174. The third-order valence-electron chi connectivity index (χ3n) is 3.38. The van der Waals surface area contributed by atoms with E-state index >= 15 is 0 Å². The molecule has 0 N–H and O–H groups in total. The smallest absolute Gasteiger partial charge is 0.231 e. The van der Waals surface area contributed by atoms with E-state index in [9.17, 15) is 0 Å². The molecule has 1 aliphatic heterocycles. The highest BCUT2D eigenvalue weighted by molar-refractivity contribution is 5.73. The van der Waals surface area contributed by atoms with Crippen LogP contribution in [0.4, 0.5) is 0 Å². The highest BCUT2D eigenvalue weighted by Gasteiger charge is 2.14. The third-order valence-corrected chi connectivity index (χ3v) is 3.38. The summed E-state index contributed by atoms with van der Waals surface area (Å²) in [4.78, 5) is 4.50. The largest absolute Gasteiger partial charge is 0.454 e. The second-order valence-corrected chi connectivity index (χ2v) is 4.94. The van der Waals surface area contributed by atoms with Crippen molar-refractivity contribution in [3.63, 3.8) is 0 Å². The summed E-state index contributed by atoms with van der Waals surface area (Å²) in [5.41, 5.74) is 3.99. The molecule has 4 heteroatoms. The van der Waals surface area contributed by atoms with Crippen LogP contribution in [0.15, 0.2) is 40.8 Å². The molecule has 100 valence electrons. The van der Waals surface area contributed by atoms with E-state index in [0.29, 0.717) is 19.1 Å². The number of ether oxygens (including phenoxy) is 2. The van der Waals surface area contributed by atoms with Crippen LogP contribution in [0.3, 0.4) is 0 Å². The molecule has 1 aromatic heterocycles. The highest BCUT2D eigenvalue weighted by atomic mass is 16.7. The lowest BCUT2D eigenvalue weighted by Crippen LogP contribution is -1.93. The first kappa shape index (κ1) is 11.3. The molecule has 0 unspecified atom stereocenters. The molecule has 3 aromatic rings. The minimum atomic E-state index is 0.293. The summed E-state index contributed by atoms with van der Waals surface area (Å²) in [5.74, 6) is 2.29. The van der Waals surface area contributed by atoms with Gasteiger partial charge in [-0.15, -0.1) is 0 Å². The Kier molecular flexibility index (Phi) is 2.42. The first-order valence-electron chi connectivity index (χ1n) is 6.52. The van der Waals surface area contributed by atoms with Gasteiger partial charge in [-0.3, -0.25) is 0 Å². The van der Waals surface area contributed by atoms with Gasteiger partial charge in [0.25, 0.3) is 0 Å². The Morgan fingerprint density at radius 3 is 2.90 bits per heavy atom. The zero-order valence-corrected chi connectivity index (χ0v) is 11.1. The SMILES string of the molecule is Cc1ccc2nc(Cc3ccc4c(c3)OCO4)oc2c1. The van der Waals surface area contributed by atoms with Gasteiger partial charge in [0, 0.05) is 6.42 Å². The van der Waals surface area contributed by atoms with Gasteiger partial charge in [0.05, 0.1) is 0 Å². The average molecular weight is 267 g/mol. The molecule has 0 spiro atoms. The van der Waals surface area contributed by atoms with Gasteiger partial charge in [0.15, 0.2) is 23.0 Å². The molecule has 0 aliphatic carbocycles. The fourth-order valence-corrected chi connectivity index (χ4v) is 2.38. The van der Waals surface area contributed by atoms with Crippen LogP contribution in [0.25, 0.3) is 11.1 Å². The summed E-state index contributed by atoms with van der Waals surface area (Å²) >= 11 is 0. The van der Waals surface area contributed by atoms with Crippen LogP contribution in [0.2, 0.25) is 0 Å². The Bertz CT molecular complexity index is 792. The normalized spacial score (nSPS) is 13.1. The second kappa shape index (κ2) is 4.27. The van der Waals surface area contributed by atoms with E-state index in [1.165, 1.54) is 5.56 Å². The highest BCUT2D eigenvalue weighted by Crippen LogP contribution is 2.33. The van der Waals surface area contributed by atoms with Crippen molar-refractivity contribution in [1.82, 2.24) is 4.98 Å². The van der Waals surface area contributed by atoms with Crippen LogP contribution in [0.1, 0.15) is 17.0 Å². The molecular formula is C16H13NO3. The van der Waals surface area contributed by atoms with E-state index in [0.717, 1.165) is 28.2 Å². The molecule has 0 radical (unpaired) electrons. The topological polar surface area (TPSA) is 44.5 Å². The third kappa shape index (κ3) is 1.90. The lowest BCUT2D eigenvalue weighted by Gasteiger charge is -1.99. The maximum Gasteiger partial charge on any atom is 0.231 e. The van der Waals surface area contributed by atoms with Crippen molar-refractivity contribution in [3.05, 3.63) is 53.4 Å². The van der Waals surface area contributed by atoms with Crippen LogP contribution in [0.5, 0.6) is 11.5 Å². The number of oxazole rings is 1. The summed E-state index contributed by atoms with van der Waals surface area (Å²) < 4.78 is 16.5. The molecule has 0 atom stereocenters. The van der Waals surface area contributed by atoms with Crippen molar-refractivity contribution in [3.8, 4) is 11.5 Å². The molecule has 0 saturated heterocycles. The van der Waals surface area contributed by atoms with Gasteiger partial charge in [-0.05, 0) is 42.3 Å². The monoisotopic (exact) mass is 267 g/mol. The molecule has 0 fully saturated rings. The maximum absolute atomic E-state index is 5.79. The lowest BCUT2D eigenvalue weighted by atomic mass is 10.1. The fourth-order valence-electron chi connectivity index (χ4n) is 2.38. The summed E-state index contributed by atoms with van der Waals surface area (Å²) in [5, 5.41) is 0. The molecule has 2 aromatic carbocycles. The number of hydrogen-bond acceptors (Lipinski definition) is 4.